The van der Waals surface area contributed by atoms with Crippen molar-refractivity contribution in [1.29, 1.82) is 0 Å². The number of amides is 1. The van der Waals surface area contributed by atoms with E-state index in [2.05, 4.69) is 10.3 Å². The third-order valence-corrected chi connectivity index (χ3v) is 4.22. The van der Waals surface area contributed by atoms with Gasteiger partial charge in [-0.05, 0) is 41.5 Å². The highest BCUT2D eigenvalue weighted by Gasteiger charge is 2.17. The van der Waals surface area contributed by atoms with Gasteiger partial charge in [-0.1, -0.05) is 30.3 Å². The molecular weight excluding hydrogens is 326 g/mol. The average molecular weight is 347 g/mol. The monoisotopic (exact) mass is 347 g/mol. The molecule has 0 aliphatic rings. The van der Waals surface area contributed by atoms with Crippen LogP contribution in [0.2, 0.25) is 0 Å². The quantitative estimate of drug-likeness (QED) is 0.718. The number of ether oxygens (including phenoxy) is 1. The first kappa shape index (κ1) is 17.6. The Morgan fingerprint density at radius 1 is 1.04 bits per heavy atom. The predicted molar refractivity (Wildman–Crippen MR) is 102 cm³/mol. The molecule has 1 amide bonds. The van der Waals surface area contributed by atoms with E-state index in [0.717, 1.165) is 16.7 Å². The number of nitrogens with two attached hydrogens (primary N) is 1. The maximum absolute atomic E-state index is 12.6. The third kappa shape index (κ3) is 3.90. The molecule has 0 saturated carbocycles. The Labute approximate surface area is 152 Å². The fourth-order valence-electron chi connectivity index (χ4n) is 2.82. The second-order valence-corrected chi connectivity index (χ2v) is 5.82. The van der Waals surface area contributed by atoms with Crippen molar-refractivity contribution >= 4 is 5.91 Å². The summed E-state index contributed by atoms with van der Waals surface area (Å²) in [6, 6.07) is 18.5. The van der Waals surface area contributed by atoms with E-state index in [-0.39, 0.29) is 18.5 Å². The summed E-state index contributed by atoms with van der Waals surface area (Å²) < 4.78 is 5.37. The van der Waals surface area contributed by atoms with Crippen molar-refractivity contribution in [3.05, 3.63) is 84.2 Å². The molecule has 1 heterocycles. The van der Waals surface area contributed by atoms with Crippen LogP contribution in [-0.2, 0) is 0 Å². The number of methoxy groups -OCH3 is 1. The highest BCUT2D eigenvalue weighted by Crippen LogP contribution is 2.25. The zero-order valence-electron chi connectivity index (χ0n) is 14.6. The van der Waals surface area contributed by atoms with Gasteiger partial charge in [-0.15, -0.1) is 0 Å². The van der Waals surface area contributed by atoms with Crippen LogP contribution in [0.5, 0.6) is 5.75 Å². The molecule has 0 radical (unpaired) electrons. The summed E-state index contributed by atoms with van der Waals surface area (Å²) in [6.45, 7) is 0.279. The van der Waals surface area contributed by atoms with Gasteiger partial charge in [-0.25, -0.2) is 0 Å². The second kappa shape index (κ2) is 8.27. The SMILES string of the molecule is COc1ccccc1C(CN)NC(=O)c1ccc(-c2ccncc2)cc1. The maximum Gasteiger partial charge on any atom is 0.251 e. The summed E-state index contributed by atoms with van der Waals surface area (Å²) in [5.74, 6) is 0.531. The number of rotatable bonds is 6. The van der Waals surface area contributed by atoms with E-state index in [1.54, 1.807) is 31.6 Å². The van der Waals surface area contributed by atoms with Crippen LogP contribution >= 0.6 is 0 Å². The van der Waals surface area contributed by atoms with Crippen LogP contribution in [0, 0.1) is 0 Å². The van der Waals surface area contributed by atoms with Crippen LogP contribution in [0.15, 0.2) is 73.1 Å². The lowest BCUT2D eigenvalue weighted by atomic mass is 10.0. The van der Waals surface area contributed by atoms with Crippen LogP contribution in [0.1, 0.15) is 22.0 Å². The molecule has 2 aromatic carbocycles. The molecular formula is C21H21N3O2. The fourth-order valence-corrected chi connectivity index (χ4v) is 2.82. The first-order valence-corrected chi connectivity index (χ1v) is 8.37. The van der Waals surface area contributed by atoms with Gasteiger partial charge in [0.2, 0.25) is 0 Å². The minimum atomic E-state index is -0.321. The zero-order valence-corrected chi connectivity index (χ0v) is 14.6. The zero-order chi connectivity index (χ0) is 18.4. The van der Waals surface area contributed by atoms with E-state index in [1.807, 2.05) is 48.5 Å². The van der Waals surface area contributed by atoms with Crippen molar-refractivity contribution in [3.63, 3.8) is 0 Å². The van der Waals surface area contributed by atoms with Gasteiger partial charge in [0.05, 0.1) is 13.2 Å². The lowest BCUT2D eigenvalue weighted by Crippen LogP contribution is -2.33. The highest BCUT2D eigenvalue weighted by molar-refractivity contribution is 5.95. The van der Waals surface area contributed by atoms with E-state index in [9.17, 15) is 4.79 Å². The van der Waals surface area contributed by atoms with E-state index in [4.69, 9.17) is 10.5 Å². The van der Waals surface area contributed by atoms with E-state index < -0.39 is 0 Å². The molecule has 3 N–H and O–H groups in total. The number of benzene rings is 2. The Balaban J connectivity index is 1.76. The summed E-state index contributed by atoms with van der Waals surface area (Å²) in [5, 5.41) is 2.98. The molecule has 0 fully saturated rings. The first-order chi connectivity index (χ1) is 12.7. The molecule has 3 aromatic rings. The van der Waals surface area contributed by atoms with Crippen molar-refractivity contribution in [2.24, 2.45) is 5.73 Å². The van der Waals surface area contributed by atoms with Crippen molar-refractivity contribution in [2.45, 2.75) is 6.04 Å². The second-order valence-electron chi connectivity index (χ2n) is 5.82. The number of carbonyl (C=O) groups is 1. The molecule has 0 saturated heterocycles. The van der Waals surface area contributed by atoms with E-state index >= 15 is 0 Å². The van der Waals surface area contributed by atoms with Gasteiger partial charge in [-0.3, -0.25) is 9.78 Å². The number of pyridine rings is 1. The first-order valence-electron chi connectivity index (χ1n) is 8.37. The molecule has 26 heavy (non-hydrogen) atoms. The maximum atomic E-state index is 12.6. The molecule has 132 valence electrons. The van der Waals surface area contributed by atoms with Gasteiger partial charge in [0.25, 0.3) is 5.91 Å². The topological polar surface area (TPSA) is 77.2 Å². The van der Waals surface area contributed by atoms with Crippen LogP contribution in [0.3, 0.4) is 0 Å². The molecule has 1 aromatic heterocycles. The van der Waals surface area contributed by atoms with Crippen molar-refractivity contribution in [2.75, 3.05) is 13.7 Å². The van der Waals surface area contributed by atoms with Crippen molar-refractivity contribution < 1.29 is 9.53 Å². The van der Waals surface area contributed by atoms with Gasteiger partial charge < -0.3 is 15.8 Å². The Morgan fingerprint density at radius 3 is 2.35 bits per heavy atom. The summed E-state index contributed by atoms with van der Waals surface area (Å²) in [4.78, 5) is 16.6. The number of carbonyl (C=O) groups excluding carboxylic acids is 1. The largest absolute Gasteiger partial charge is 0.496 e. The van der Waals surface area contributed by atoms with Crippen molar-refractivity contribution in [1.82, 2.24) is 10.3 Å². The summed E-state index contributed by atoms with van der Waals surface area (Å²) >= 11 is 0. The Hall–Kier alpha value is -3.18. The Bertz CT molecular complexity index is 864. The molecule has 0 aliphatic carbocycles. The molecule has 0 spiro atoms. The molecule has 3 rings (SSSR count). The molecule has 5 heteroatoms. The Morgan fingerprint density at radius 2 is 1.69 bits per heavy atom. The number of hydrogen-bond acceptors (Lipinski definition) is 4. The third-order valence-electron chi connectivity index (χ3n) is 4.22. The number of nitrogens with one attached hydrogen (secondary N) is 1. The number of nitrogens with zero attached hydrogens (tertiary/aromatic N) is 1. The normalized spacial score (nSPS) is 11.6. The average Bonchev–Trinajstić information content (AvgIpc) is 2.72. The number of hydrogen-bond donors (Lipinski definition) is 2. The molecule has 1 atom stereocenters. The number of para-hydroxylation sites is 1. The van der Waals surface area contributed by atoms with Gasteiger partial charge in [-0.2, -0.15) is 0 Å². The molecule has 5 nitrogen and oxygen atoms in total. The fraction of sp³-hybridized carbons (Fsp3) is 0.143. The lowest BCUT2D eigenvalue weighted by Gasteiger charge is -2.20. The predicted octanol–water partition coefficient (Wildman–Crippen LogP) is 3.19. The standard InChI is InChI=1S/C21H21N3O2/c1-26-20-5-3-2-4-18(20)19(14-22)24-21(25)17-8-6-15(7-9-17)16-10-12-23-13-11-16/h2-13,19H,14,22H2,1H3,(H,24,25). The molecule has 1 unspecified atom stereocenters. The Kier molecular flexibility index (Phi) is 5.61. The van der Waals surface area contributed by atoms with E-state index in [0.29, 0.717) is 11.3 Å². The minimum Gasteiger partial charge on any atom is -0.496 e. The van der Waals surface area contributed by atoms with Gasteiger partial charge in [0, 0.05) is 30.1 Å². The van der Waals surface area contributed by atoms with Crippen LogP contribution in [-0.4, -0.2) is 24.5 Å². The summed E-state index contributed by atoms with van der Waals surface area (Å²) in [5.41, 5.74) is 9.41. The van der Waals surface area contributed by atoms with Gasteiger partial charge >= 0.3 is 0 Å². The van der Waals surface area contributed by atoms with Crippen LogP contribution < -0.4 is 15.8 Å². The number of aromatic nitrogens is 1. The van der Waals surface area contributed by atoms with Crippen LogP contribution in [0.4, 0.5) is 0 Å². The highest BCUT2D eigenvalue weighted by atomic mass is 16.5. The summed E-state index contributed by atoms with van der Waals surface area (Å²) in [7, 11) is 1.60. The van der Waals surface area contributed by atoms with Gasteiger partial charge in [0.15, 0.2) is 0 Å². The lowest BCUT2D eigenvalue weighted by molar-refractivity contribution is 0.0937. The van der Waals surface area contributed by atoms with Gasteiger partial charge in [0.1, 0.15) is 5.75 Å². The van der Waals surface area contributed by atoms with Crippen molar-refractivity contribution in [3.8, 4) is 16.9 Å². The summed E-state index contributed by atoms with van der Waals surface area (Å²) in [6.07, 6.45) is 3.49. The molecule has 0 aliphatic heterocycles. The minimum absolute atomic E-state index is 0.173. The molecule has 0 bridgehead atoms. The smallest absolute Gasteiger partial charge is 0.251 e. The van der Waals surface area contributed by atoms with E-state index in [1.165, 1.54) is 0 Å². The van der Waals surface area contributed by atoms with Crippen LogP contribution in [0.25, 0.3) is 11.1 Å².